The number of likely N-dealkylation sites (tertiary alicyclic amines) is 1. The minimum Gasteiger partial charge on any atom is -0.369 e. The maximum absolute atomic E-state index is 13.7. The maximum Gasteiger partial charge on any atom is 0.208 e. The molecule has 1 aromatic heterocycles. The lowest BCUT2D eigenvalue weighted by Crippen LogP contribution is -2.39. The number of halogens is 1. The molecule has 0 aliphatic carbocycles. The molecule has 7 heteroatoms. The van der Waals surface area contributed by atoms with Crippen molar-refractivity contribution in [1.82, 2.24) is 9.88 Å². The lowest BCUT2D eigenvalue weighted by molar-refractivity contribution is 0.142. The molecule has 6 rings (SSSR count). The Labute approximate surface area is 211 Å². The first-order valence-corrected chi connectivity index (χ1v) is 13.9. The van der Waals surface area contributed by atoms with E-state index in [1.165, 1.54) is 36.4 Å². The van der Waals surface area contributed by atoms with Crippen LogP contribution < -0.4 is 4.90 Å². The van der Waals surface area contributed by atoms with Gasteiger partial charge in [0.1, 0.15) is 5.82 Å². The van der Waals surface area contributed by atoms with Gasteiger partial charge in [-0.2, -0.15) is 0 Å². The van der Waals surface area contributed by atoms with Gasteiger partial charge in [0.2, 0.25) is 9.84 Å². The maximum atomic E-state index is 13.7. The smallest absolute Gasteiger partial charge is 0.208 e. The van der Waals surface area contributed by atoms with Crippen LogP contribution in [-0.2, 0) is 16.4 Å². The number of anilines is 1. The second-order valence-electron chi connectivity index (χ2n) is 9.92. The Hall–Kier alpha value is -3.29. The van der Waals surface area contributed by atoms with E-state index >= 15 is 0 Å². The van der Waals surface area contributed by atoms with E-state index in [9.17, 15) is 12.8 Å². The molecule has 4 aromatic rings. The number of aromatic nitrogens is 1. The third-order valence-corrected chi connectivity index (χ3v) is 9.27. The molecule has 2 aliphatic heterocycles. The van der Waals surface area contributed by atoms with Crippen LogP contribution in [0.15, 0.2) is 94.9 Å². The van der Waals surface area contributed by atoms with Crippen LogP contribution in [0.25, 0.3) is 10.9 Å². The third kappa shape index (κ3) is 4.38. The molecule has 0 radical (unpaired) electrons. The normalized spacial score (nSPS) is 20.5. The predicted octanol–water partition coefficient (Wildman–Crippen LogP) is 5.17. The molecule has 0 saturated carbocycles. The van der Waals surface area contributed by atoms with Crippen molar-refractivity contribution in [3.63, 3.8) is 0 Å². The monoisotopic (exact) mass is 501 g/mol. The quantitative estimate of drug-likeness (QED) is 0.378. The van der Waals surface area contributed by atoms with Crippen LogP contribution in [0.2, 0.25) is 0 Å². The SMILES string of the molecule is O=S(=O)(c1cccc(F)c1)c1cnc2c(N3CC4CCN(Cc5ccccc5)CC4C3)cccc2c1. The molecule has 2 aliphatic rings. The van der Waals surface area contributed by atoms with E-state index in [2.05, 4.69) is 51.2 Å². The first-order valence-electron chi connectivity index (χ1n) is 12.4. The molecule has 2 unspecified atom stereocenters. The molecule has 2 atom stereocenters. The summed E-state index contributed by atoms with van der Waals surface area (Å²) in [6.07, 6.45) is 2.58. The van der Waals surface area contributed by atoms with Crippen LogP contribution in [0.3, 0.4) is 0 Å². The topological polar surface area (TPSA) is 53.5 Å². The standard InChI is InChI=1S/C29H28FN3O2S/c30-25-9-5-10-26(15-25)36(34,35)27-14-22-8-4-11-28(29(22)31-16-27)33-19-23-12-13-32(18-24(23)20-33)17-21-6-2-1-3-7-21/h1-11,14-16,23-24H,12-13,17-20H2. The number of pyridine rings is 1. The number of sulfone groups is 1. The third-order valence-electron chi connectivity index (χ3n) is 7.56. The van der Waals surface area contributed by atoms with Crippen LogP contribution in [0.1, 0.15) is 12.0 Å². The largest absolute Gasteiger partial charge is 0.369 e. The fourth-order valence-electron chi connectivity index (χ4n) is 5.72. The van der Waals surface area contributed by atoms with Gasteiger partial charge in [0.05, 0.1) is 21.0 Å². The average Bonchev–Trinajstić information content (AvgIpc) is 3.32. The van der Waals surface area contributed by atoms with Crippen LogP contribution in [0.5, 0.6) is 0 Å². The second-order valence-corrected chi connectivity index (χ2v) is 11.9. The van der Waals surface area contributed by atoms with Crippen LogP contribution in [0, 0.1) is 17.7 Å². The number of hydrogen-bond acceptors (Lipinski definition) is 5. The molecule has 2 fully saturated rings. The van der Waals surface area contributed by atoms with Crippen molar-refractivity contribution in [2.24, 2.45) is 11.8 Å². The molecule has 5 nitrogen and oxygen atoms in total. The first kappa shape index (κ1) is 23.1. The summed E-state index contributed by atoms with van der Waals surface area (Å²) < 4.78 is 39.8. The molecule has 0 amide bonds. The molecule has 0 bridgehead atoms. The highest BCUT2D eigenvalue weighted by atomic mass is 32.2. The molecule has 3 heterocycles. The van der Waals surface area contributed by atoms with E-state index in [0.717, 1.165) is 55.4 Å². The number of piperidine rings is 1. The minimum absolute atomic E-state index is 0.0662. The van der Waals surface area contributed by atoms with E-state index in [4.69, 9.17) is 0 Å². The summed E-state index contributed by atoms with van der Waals surface area (Å²) in [7, 11) is -3.86. The Morgan fingerprint density at radius 3 is 2.50 bits per heavy atom. The number of para-hydroxylation sites is 1. The van der Waals surface area contributed by atoms with Gasteiger partial charge in [0.25, 0.3) is 0 Å². The van der Waals surface area contributed by atoms with E-state index in [1.807, 2.05) is 12.1 Å². The van der Waals surface area contributed by atoms with Crippen LogP contribution in [-0.4, -0.2) is 44.5 Å². The summed E-state index contributed by atoms with van der Waals surface area (Å²) in [5.74, 6) is 0.676. The first-order chi connectivity index (χ1) is 17.5. The Balaban J connectivity index is 1.23. The number of nitrogens with zero attached hydrogens (tertiary/aromatic N) is 3. The van der Waals surface area contributed by atoms with Crippen molar-refractivity contribution in [1.29, 1.82) is 0 Å². The van der Waals surface area contributed by atoms with E-state index < -0.39 is 15.7 Å². The Bertz CT molecular complexity index is 1510. The average molecular weight is 502 g/mol. The molecule has 184 valence electrons. The number of hydrogen-bond donors (Lipinski definition) is 0. The molecule has 3 aromatic carbocycles. The lowest BCUT2D eigenvalue weighted by atomic mass is 9.88. The zero-order chi connectivity index (χ0) is 24.7. The summed E-state index contributed by atoms with van der Waals surface area (Å²) in [5.41, 5.74) is 3.20. The molecule has 0 N–H and O–H groups in total. The van der Waals surface area contributed by atoms with Crippen LogP contribution in [0.4, 0.5) is 10.1 Å². The molecular weight excluding hydrogens is 473 g/mol. The fraction of sp³-hybridized carbons (Fsp3) is 0.276. The predicted molar refractivity (Wildman–Crippen MR) is 139 cm³/mol. The summed E-state index contributed by atoms with van der Waals surface area (Å²) in [5, 5.41) is 0.769. The van der Waals surface area contributed by atoms with Crippen molar-refractivity contribution < 1.29 is 12.8 Å². The number of fused-ring (bicyclic) bond motifs is 2. The van der Waals surface area contributed by atoms with Gasteiger partial charge in [0.15, 0.2) is 0 Å². The number of benzene rings is 3. The van der Waals surface area contributed by atoms with Crippen molar-refractivity contribution in [2.75, 3.05) is 31.1 Å². The summed E-state index contributed by atoms with van der Waals surface area (Å²) in [6.45, 7) is 5.15. The highest BCUT2D eigenvalue weighted by Gasteiger charge is 2.37. The second kappa shape index (κ2) is 9.30. The summed E-state index contributed by atoms with van der Waals surface area (Å²) >= 11 is 0. The zero-order valence-corrected chi connectivity index (χ0v) is 20.7. The highest BCUT2D eigenvalue weighted by Crippen LogP contribution is 2.37. The van der Waals surface area contributed by atoms with Gasteiger partial charge in [-0.15, -0.1) is 0 Å². The van der Waals surface area contributed by atoms with Crippen molar-refractivity contribution in [3.8, 4) is 0 Å². The summed E-state index contributed by atoms with van der Waals surface area (Å²) in [6, 6.07) is 23.3. The van der Waals surface area contributed by atoms with E-state index in [0.29, 0.717) is 11.8 Å². The summed E-state index contributed by atoms with van der Waals surface area (Å²) in [4.78, 5) is 9.58. The number of rotatable bonds is 5. The van der Waals surface area contributed by atoms with Gasteiger partial charge < -0.3 is 4.90 Å². The van der Waals surface area contributed by atoms with Crippen molar-refractivity contribution in [2.45, 2.75) is 22.8 Å². The Morgan fingerprint density at radius 2 is 1.67 bits per heavy atom. The lowest BCUT2D eigenvalue weighted by Gasteiger charge is -2.34. The van der Waals surface area contributed by atoms with Crippen molar-refractivity contribution >= 4 is 26.4 Å². The van der Waals surface area contributed by atoms with Gasteiger partial charge in [0, 0.05) is 37.8 Å². The van der Waals surface area contributed by atoms with Gasteiger partial charge in [-0.05, 0) is 60.7 Å². The van der Waals surface area contributed by atoms with Gasteiger partial charge in [-0.1, -0.05) is 48.5 Å². The molecule has 0 spiro atoms. The molecule has 2 saturated heterocycles. The molecule has 36 heavy (non-hydrogen) atoms. The van der Waals surface area contributed by atoms with E-state index in [-0.39, 0.29) is 9.79 Å². The Morgan fingerprint density at radius 1 is 0.861 bits per heavy atom. The molecular formula is C29H28FN3O2S. The van der Waals surface area contributed by atoms with Crippen molar-refractivity contribution in [3.05, 3.63) is 96.4 Å². The van der Waals surface area contributed by atoms with E-state index in [1.54, 1.807) is 6.07 Å². The fourth-order valence-corrected chi connectivity index (χ4v) is 6.99. The van der Waals surface area contributed by atoms with Crippen LogP contribution >= 0.6 is 0 Å². The Kier molecular flexibility index (Phi) is 5.97. The van der Waals surface area contributed by atoms with Gasteiger partial charge in [-0.25, -0.2) is 12.8 Å². The van der Waals surface area contributed by atoms with Gasteiger partial charge >= 0.3 is 0 Å². The zero-order valence-electron chi connectivity index (χ0n) is 19.9. The minimum atomic E-state index is -3.86. The van der Waals surface area contributed by atoms with Gasteiger partial charge in [-0.3, -0.25) is 9.88 Å². The highest BCUT2D eigenvalue weighted by molar-refractivity contribution is 7.91.